The van der Waals surface area contributed by atoms with E-state index in [1.54, 1.807) is 0 Å². The van der Waals surface area contributed by atoms with E-state index in [0.717, 1.165) is 11.4 Å². The Hall–Kier alpha value is -0.610. The maximum atomic E-state index is 4.19. The Morgan fingerprint density at radius 1 is 1.18 bits per heavy atom. The molecular formula is C7H6N2S2. The van der Waals surface area contributed by atoms with Crippen molar-refractivity contribution in [3.8, 4) is 0 Å². The highest BCUT2D eigenvalue weighted by molar-refractivity contribution is 8.76. The number of hydrogen-bond donors (Lipinski definition) is 1. The quantitative estimate of drug-likeness (QED) is 0.532. The molecule has 0 fully saturated rings. The zero-order valence-electron chi connectivity index (χ0n) is 5.65. The van der Waals surface area contributed by atoms with Crippen molar-refractivity contribution in [2.75, 3.05) is 0 Å². The third-order valence-corrected chi connectivity index (χ3v) is 2.66. The van der Waals surface area contributed by atoms with E-state index in [1.165, 1.54) is 22.0 Å². The van der Waals surface area contributed by atoms with Crippen LogP contribution in [0.2, 0.25) is 0 Å². The number of rotatable bonds is 1. The van der Waals surface area contributed by atoms with Crippen LogP contribution in [-0.2, 0) is 0 Å². The van der Waals surface area contributed by atoms with Gasteiger partial charge in [-0.2, -0.15) is 4.40 Å². The van der Waals surface area contributed by atoms with Gasteiger partial charge in [0.1, 0.15) is 0 Å². The Morgan fingerprint density at radius 3 is 2.64 bits per heavy atom. The van der Waals surface area contributed by atoms with Gasteiger partial charge in [0.25, 0.3) is 0 Å². The first-order valence-electron chi connectivity index (χ1n) is 3.19. The number of hydrogen-bond acceptors (Lipinski definition) is 4. The Kier molecular flexibility index (Phi) is 2.05. The van der Waals surface area contributed by atoms with Gasteiger partial charge in [-0.25, -0.2) is 0 Å². The summed E-state index contributed by atoms with van der Waals surface area (Å²) in [7, 11) is 3.01. The molecular weight excluding hydrogens is 176 g/mol. The Morgan fingerprint density at radius 2 is 2.00 bits per heavy atom. The van der Waals surface area contributed by atoms with Crippen molar-refractivity contribution in [3.05, 3.63) is 35.9 Å². The molecule has 1 N–H and O–H groups in total. The second kappa shape index (κ2) is 3.19. The fourth-order valence-corrected chi connectivity index (χ4v) is 2.12. The van der Waals surface area contributed by atoms with Crippen LogP contribution in [0.1, 0.15) is 5.56 Å². The molecule has 2 rings (SSSR count). The summed E-state index contributed by atoms with van der Waals surface area (Å²) in [6, 6.07) is 10.1. The molecule has 1 aliphatic heterocycles. The van der Waals surface area contributed by atoms with E-state index in [1.807, 2.05) is 30.3 Å². The molecule has 1 heterocycles. The molecule has 4 heteroatoms. The first-order chi connectivity index (χ1) is 5.47. The highest BCUT2D eigenvalue weighted by atomic mass is 33.1. The summed E-state index contributed by atoms with van der Waals surface area (Å²) in [5.41, 5.74) is 1.14. The van der Waals surface area contributed by atoms with Crippen LogP contribution in [0.25, 0.3) is 0 Å². The smallest absolute Gasteiger partial charge is 0.152 e. The van der Waals surface area contributed by atoms with Crippen LogP contribution < -0.4 is 4.72 Å². The summed E-state index contributed by atoms with van der Waals surface area (Å²) in [5, 5.41) is 0. The predicted molar refractivity (Wildman–Crippen MR) is 51.3 cm³/mol. The topological polar surface area (TPSA) is 24.4 Å². The van der Waals surface area contributed by atoms with Crippen molar-refractivity contribution in [1.29, 1.82) is 0 Å². The van der Waals surface area contributed by atoms with Crippen molar-refractivity contribution < 1.29 is 0 Å². The number of nitrogens with zero attached hydrogens (tertiary/aromatic N) is 1. The predicted octanol–water partition coefficient (Wildman–Crippen LogP) is 2.25. The molecule has 0 amide bonds. The van der Waals surface area contributed by atoms with Gasteiger partial charge in [-0.3, -0.25) is 0 Å². The summed E-state index contributed by atoms with van der Waals surface area (Å²) in [6.07, 6.45) is 0. The fraction of sp³-hybridized carbons (Fsp3) is 0. The normalized spacial score (nSPS) is 15.8. The minimum absolute atomic E-state index is 0.959. The van der Waals surface area contributed by atoms with Crippen LogP contribution in [0, 0.1) is 0 Å². The van der Waals surface area contributed by atoms with E-state index < -0.39 is 0 Å². The third kappa shape index (κ3) is 1.52. The first-order valence-corrected chi connectivity index (χ1v) is 5.29. The van der Waals surface area contributed by atoms with Gasteiger partial charge in [-0.1, -0.05) is 30.3 Å². The van der Waals surface area contributed by atoms with Gasteiger partial charge in [-0.15, -0.1) is 0 Å². The van der Waals surface area contributed by atoms with Crippen LogP contribution in [0.4, 0.5) is 0 Å². The molecule has 2 nitrogen and oxygen atoms in total. The maximum Gasteiger partial charge on any atom is 0.152 e. The molecule has 0 saturated heterocycles. The molecule has 11 heavy (non-hydrogen) atoms. The number of amidine groups is 1. The van der Waals surface area contributed by atoms with Crippen molar-refractivity contribution in [2.24, 2.45) is 4.40 Å². The second-order valence-corrected chi connectivity index (χ2v) is 3.72. The van der Waals surface area contributed by atoms with Crippen molar-refractivity contribution >= 4 is 27.8 Å². The van der Waals surface area contributed by atoms with Gasteiger partial charge in [0, 0.05) is 16.5 Å². The van der Waals surface area contributed by atoms with Crippen LogP contribution in [-0.4, -0.2) is 5.84 Å². The lowest BCUT2D eigenvalue weighted by Crippen LogP contribution is -2.11. The average Bonchev–Trinajstić information content (AvgIpc) is 2.58. The molecule has 0 atom stereocenters. The molecule has 0 aliphatic carbocycles. The van der Waals surface area contributed by atoms with E-state index in [4.69, 9.17) is 0 Å². The van der Waals surface area contributed by atoms with Gasteiger partial charge in [0.05, 0.1) is 11.0 Å². The van der Waals surface area contributed by atoms with Crippen LogP contribution in [0.15, 0.2) is 34.7 Å². The van der Waals surface area contributed by atoms with Crippen LogP contribution >= 0.6 is 22.0 Å². The summed E-state index contributed by atoms with van der Waals surface area (Å²) in [5.74, 6) is 0.959. The van der Waals surface area contributed by atoms with Crippen LogP contribution in [0.3, 0.4) is 0 Å². The highest BCUT2D eigenvalue weighted by Crippen LogP contribution is 2.26. The molecule has 1 aromatic rings. The molecule has 1 aliphatic rings. The lowest BCUT2D eigenvalue weighted by Gasteiger charge is -1.97. The molecule has 56 valence electrons. The first kappa shape index (κ1) is 7.06. The van der Waals surface area contributed by atoms with E-state index >= 15 is 0 Å². The lowest BCUT2D eigenvalue weighted by molar-refractivity contribution is 1.49. The van der Waals surface area contributed by atoms with Crippen molar-refractivity contribution in [2.45, 2.75) is 0 Å². The Bertz CT molecular complexity index is 271. The lowest BCUT2D eigenvalue weighted by atomic mass is 10.2. The Balaban J connectivity index is 2.29. The van der Waals surface area contributed by atoms with E-state index in [2.05, 4.69) is 9.12 Å². The SMILES string of the molecule is c1ccc(C2=NSSN2)cc1. The number of benzene rings is 1. The minimum atomic E-state index is 0.959. The van der Waals surface area contributed by atoms with Gasteiger partial charge in [-0.05, 0) is 0 Å². The third-order valence-electron chi connectivity index (χ3n) is 1.35. The molecule has 1 aromatic carbocycles. The largest absolute Gasteiger partial charge is 0.303 e. The monoisotopic (exact) mass is 182 g/mol. The van der Waals surface area contributed by atoms with Crippen molar-refractivity contribution in [3.63, 3.8) is 0 Å². The molecule has 0 saturated carbocycles. The molecule has 0 spiro atoms. The van der Waals surface area contributed by atoms with Gasteiger partial charge in [0.2, 0.25) is 0 Å². The molecule has 0 unspecified atom stereocenters. The van der Waals surface area contributed by atoms with Gasteiger partial charge < -0.3 is 4.72 Å². The summed E-state index contributed by atoms with van der Waals surface area (Å²) >= 11 is 0. The molecule has 0 radical (unpaired) electrons. The summed E-state index contributed by atoms with van der Waals surface area (Å²) in [6.45, 7) is 0. The number of nitrogens with one attached hydrogen (secondary N) is 1. The fourth-order valence-electron chi connectivity index (χ4n) is 0.840. The van der Waals surface area contributed by atoms with Gasteiger partial charge >= 0.3 is 0 Å². The van der Waals surface area contributed by atoms with Crippen LogP contribution in [0.5, 0.6) is 0 Å². The minimum Gasteiger partial charge on any atom is -0.303 e. The van der Waals surface area contributed by atoms with Gasteiger partial charge in [0.15, 0.2) is 5.84 Å². The zero-order chi connectivity index (χ0) is 7.52. The highest BCUT2D eigenvalue weighted by Gasteiger charge is 2.07. The molecule has 0 aromatic heterocycles. The zero-order valence-corrected chi connectivity index (χ0v) is 7.28. The standard InChI is InChI=1S/C7H6N2S2/c1-2-4-6(5-3-1)7-8-10-11-9-7/h1-5H,(H,8,9). The molecule has 0 bridgehead atoms. The average molecular weight is 182 g/mol. The van der Waals surface area contributed by atoms with E-state index in [-0.39, 0.29) is 0 Å². The van der Waals surface area contributed by atoms with Crippen molar-refractivity contribution in [1.82, 2.24) is 4.72 Å². The summed E-state index contributed by atoms with van der Waals surface area (Å²) in [4.78, 5) is 0. The summed E-state index contributed by atoms with van der Waals surface area (Å²) < 4.78 is 7.29. The van der Waals surface area contributed by atoms with E-state index in [0.29, 0.717) is 0 Å². The Labute approximate surface area is 73.2 Å². The maximum absolute atomic E-state index is 4.19. The second-order valence-electron chi connectivity index (χ2n) is 2.07. The van der Waals surface area contributed by atoms with E-state index in [9.17, 15) is 0 Å².